The van der Waals surface area contributed by atoms with Crippen LogP contribution in [0.25, 0.3) is 11.4 Å². The van der Waals surface area contributed by atoms with E-state index < -0.39 is 0 Å². The summed E-state index contributed by atoms with van der Waals surface area (Å²) >= 11 is 0. The molecule has 1 fully saturated rings. The van der Waals surface area contributed by atoms with Gasteiger partial charge in [0.1, 0.15) is 5.76 Å². The van der Waals surface area contributed by atoms with Crippen molar-refractivity contribution in [2.75, 3.05) is 6.61 Å². The molecule has 1 aliphatic carbocycles. The van der Waals surface area contributed by atoms with Crippen molar-refractivity contribution in [1.82, 2.24) is 9.97 Å². The minimum Gasteiger partial charge on any atom is -0.469 e. The Bertz CT molecular complexity index is 644. The monoisotopic (exact) mass is 272 g/mol. The lowest BCUT2D eigenvalue weighted by atomic mass is 10.1. The Morgan fingerprint density at radius 3 is 2.90 bits per heavy atom. The molecule has 5 heteroatoms. The number of nitrogens with zero attached hydrogens (tertiary/aromatic N) is 2. The second kappa shape index (κ2) is 5.07. The van der Waals surface area contributed by atoms with Crippen LogP contribution in [0.15, 0.2) is 22.9 Å². The van der Waals surface area contributed by atoms with E-state index in [1.165, 1.54) is 0 Å². The van der Waals surface area contributed by atoms with Gasteiger partial charge in [-0.3, -0.25) is 0 Å². The lowest BCUT2D eigenvalue weighted by Crippen LogP contribution is -2.11. The van der Waals surface area contributed by atoms with Gasteiger partial charge in [0.05, 0.1) is 29.7 Å². The van der Waals surface area contributed by atoms with Gasteiger partial charge in [-0.2, -0.15) is 0 Å². The maximum Gasteiger partial charge on any atom is 0.341 e. The number of ether oxygens (including phenoxy) is 1. The van der Waals surface area contributed by atoms with Gasteiger partial charge in [-0.1, -0.05) is 0 Å². The Morgan fingerprint density at radius 1 is 1.50 bits per heavy atom. The van der Waals surface area contributed by atoms with E-state index in [1.807, 2.05) is 13.0 Å². The summed E-state index contributed by atoms with van der Waals surface area (Å²) in [5.41, 5.74) is 2.15. The molecule has 0 aliphatic heterocycles. The summed E-state index contributed by atoms with van der Waals surface area (Å²) in [5, 5.41) is 0. The summed E-state index contributed by atoms with van der Waals surface area (Å²) in [6, 6.07) is 1.84. The third-order valence-electron chi connectivity index (χ3n) is 3.38. The van der Waals surface area contributed by atoms with Gasteiger partial charge in [-0.05, 0) is 32.8 Å². The van der Waals surface area contributed by atoms with Crippen molar-refractivity contribution in [3.8, 4) is 11.4 Å². The minimum absolute atomic E-state index is 0.343. The number of carbonyl (C=O) groups is 1. The molecule has 0 saturated heterocycles. The smallest absolute Gasteiger partial charge is 0.341 e. The molecule has 20 heavy (non-hydrogen) atoms. The molecule has 104 valence electrons. The van der Waals surface area contributed by atoms with Gasteiger partial charge in [-0.15, -0.1) is 0 Å². The Hall–Kier alpha value is -2.17. The van der Waals surface area contributed by atoms with E-state index in [4.69, 9.17) is 9.15 Å². The summed E-state index contributed by atoms with van der Waals surface area (Å²) in [6.07, 6.45) is 5.31. The molecule has 1 aliphatic rings. The predicted octanol–water partition coefficient (Wildman–Crippen LogP) is 3.10. The second-order valence-electron chi connectivity index (χ2n) is 4.88. The minimum atomic E-state index is -0.343. The van der Waals surface area contributed by atoms with Crippen molar-refractivity contribution in [1.29, 1.82) is 0 Å². The van der Waals surface area contributed by atoms with Crippen molar-refractivity contribution in [2.24, 2.45) is 0 Å². The Labute approximate surface area is 117 Å². The highest BCUT2D eigenvalue weighted by Crippen LogP contribution is 2.41. The van der Waals surface area contributed by atoms with Crippen LogP contribution >= 0.6 is 0 Å². The van der Waals surface area contributed by atoms with Gasteiger partial charge in [0.25, 0.3) is 0 Å². The molecule has 2 aromatic heterocycles. The average Bonchev–Trinajstić information content (AvgIpc) is 3.20. The fourth-order valence-electron chi connectivity index (χ4n) is 2.18. The molecule has 0 aromatic carbocycles. The van der Waals surface area contributed by atoms with E-state index in [1.54, 1.807) is 19.4 Å². The first-order valence-corrected chi connectivity index (χ1v) is 6.79. The summed E-state index contributed by atoms with van der Waals surface area (Å²) < 4.78 is 10.3. The molecule has 0 amide bonds. The van der Waals surface area contributed by atoms with Crippen LogP contribution in [0.1, 0.15) is 47.5 Å². The normalized spacial score (nSPS) is 14.3. The molecule has 0 N–H and O–H groups in total. The van der Waals surface area contributed by atoms with Crippen LogP contribution in [0.5, 0.6) is 0 Å². The summed E-state index contributed by atoms with van der Waals surface area (Å²) in [6.45, 7) is 4.01. The van der Waals surface area contributed by atoms with Crippen LogP contribution in [0, 0.1) is 6.92 Å². The highest BCUT2D eigenvalue weighted by Gasteiger charge is 2.31. The van der Waals surface area contributed by atoms with E-state index >= 15 is 0 Å². The van der Waals surface area contributed by atoms with E-state index in [0.717, 1.165) is 29.9 Å². The number of carbonyl (C=O) groups excluding carboxylic acids is 1. The summed E-state index contributed by atoms with van der Waals surface area (Å²) in [5.74, 6) is 1.38. The average molecular weight is 272 g/mol. The molecule has 0 radical (unpaired) electrons. The number of hydrogen-bond donors (Lipinski definition) is 0. The fraction of sp³-hybridized carbons (Fsp3) is 0.400. The van der Waals surface area contributed by atoms with E-state index in [0.29, 0.717) is 23.9 Å². The number of hydrogen-bond acceptors (Lipinski definition) is 5. The fourth-order valence-corrected chi connectivity index (χ4v) is 2.18. The SMILES string of the molecule is CCOC(=O)c1cnc(-c2ccoc2C)nc1C1CC1. The van der Waals surface area contributed by atoms with Crippen LogP contribution in [0.3, 0.4) is 0 Å². The Kier molecular flexibility index (Phi) is 3.26. The maximum atomic E-state index is 11.9. The van der Waals surface area contributed by atoms with Crippen molar-refractivity contribution < 1.29 is 13.9 Å². The van der Waals surface area contributed by atoms with Gasteiger partial charge in [0.2, 0.25) is 0 Å². The maximum absolute atomic E-state index is 11.9. The van der Waals surface area contributed by atoms with E-state index in [-0.39, 0.29) is 5.97 Å². The van der Waals surface area contributed by atoms with Crippen molar-refractivity contribution in [3.63, 3.8) is 0 Å². The first-order valence-electron chi connectivity index (χ1n) is 6.79. The molecule has 0 atom stereocenters. The topological polar surface area (TPSA) is 65.2 Å². The van der Waals surface area contributed by atoms with Crippen molar-refractivity contribution >= 4 is 5.97 Å². The zero-order valence-electron chi connectivity index (χ0n) is 11.5. The Morgan fingerprint density at radius 2 is 2.30 bits per heavy atom. The Balaban J connectivity index is 2.02. The molecule has 0 bridgehead atoms. The van der Waals surface area contributed by atoms with Gasteiger partial charge >= 0.3 is 5.97 Å². The third kappa shape index (κ3) is 2.31. The van der Waals surface area contributed by atoms with Crippen LogP contribution < -0.4 is 0 Å². The molecule has 0 unspecified atom stereocenters. The number of esters is 1. The number of rotatable bonds is 4. The van der Waals surface area contributed by atoms with Gasteiger partial charge in [0.15, 0.2) is 5.82 Å². The summed E-state index contributed by atoms with van der Waals surface area (Å²) in [4.78, 5) is 20.8. The van der Waals surface area contributed by atoms with Crippen LogP contribution in [0.4, 0.5) is 0 Å². The second-order valence-corrected chi connectivity index (χ2v) is 4.88. The number of furan rings is 1. The predicted molar refractivity (Wildman–Crippen MR) is 72.4 cm³/mol. The molecule has 2 aromatic rings. The highest BCUT2D eigenvalue weighted by molar-refractivity contribution is 5.90. The molecule has 0 spiro atoms. The van der Waals surface area contributed by atoms with E-state index in [9.17, 15) is 4.79 Å². The lowest BCUT2D eigenvalue weighted by Gasteiger charge is -2.08. The van der Waals surface area contributed by atoms with Crippen molar-refractivity contribution in [2.45, 2.75) is 32.6 Å². The highest BCUT2D eigenvalue weighted by atomic mass is 16.5. The largest absolute Gasteiger partial charge is 0.469 e. The zero-order valence-corrected chi connectivity index (χ0v) is 11.5. The van der Waals surface area contributed by atoms with E-state index in [2.05, 4.69) is 9.97 Å². The van der Waals surface area contributed by atoms with Crippen LogP contribution in [-0.4, -0.2) is 22.5 Å². The van der Waals surface area contributed by atoms with Gasteiger partial charge in [0, 0.05) is 12.1 Å². The first kappa shape index (κ1) is 12.8. The van der Waals surface area contributed by atoms with Crippen LogP contribution in [0.2, 0.25) is 0 Å². The van der Waals surface area contributed by atoms with Gasteiger partial charge < -0.3 is 9.15 Å². The third-order valence-corrected chi connectivity index (χ3v) is 3.38. The van der Waals surface area contributed by atoms with Crippen molar-refractivity contribution in [3.05, 3.63) is 35.5 Å². The summed E-state index contributed by atoms with van der Waals surface area (Å²) in [7, 11) is 0. The first-order chi connectivity index (χ1) is 9.70. The molecule has 2 heterocycles. The standard InChI is InChI=1S/C15H16N2O3/c1-3-19-15(18)12-8-16-14(11-6-7-20-9(11)2)17-13(12)10-4-5-10/h6-8,10H,3-5H2,1-2H3. The lowest BCUT2D eigenvalue weighted by molar-refractivity contribution is 0.0524. The van der Waals surface area contributed by atoms with Crippen LogP contribution in [-0.2, 0) is 4.74 Å². The molecular weight excluding hydrogens is 256 g/mol. The molecule has 3 rings (SSSR count). The number of aryl methyl sites for hydroxylation is 1. The molecular formula is C15H16N2O3. The quantitative estimate of drug-likeness (QED) is 0.800. The molecule has 5 nitrogen and oxygen atoms in total. The zero-order chi connectivity index (χ0) is 14.1. The molecule has 1 saturated carbocycles. The number of aromatic nitrogens is 2. The van der Waals surface area contributed by atoms with Gasteiger partial charge in [-0.25, -0.2) is 14.8 Å².